The third-order valence-corrected chi connectivity index (χ3v) is 7.24. The van der Waals surface area contributed by atoms with Gasteiger partial charge >= 0.3 is 0 Å². The van der Waals surface area contributed by atoms with E-state index >= 15 is 0 Å². The first-order chi connectivity index (χ1) is 17.4. The van der Waals surface area contributed by atoms with Gasteiger partial charge in [0.25, 0.3) is 5.91 Å². The molecule has 1 aliphatic heterocycles. The highest BCUT2D eigenvalue weighted by Crippen LogP contribution is 2.28. The van der Waals surface area contributed by atoms with Gasteiger partial charge in [0.1, 0.15) is 11.7 Å². The number of hydrogen-bond acceptors (Lipinski definition) is 6. The molecule has 4 rings (SSSR count). The summed E-state index contributed by atoms with van der Waals surface area (Å²) in [4.78, 5) is 26.2. The summed E-state index contributed by atoms with van der Waals surface area (Å²) in [5, 5.41) is 9.88. The third-order valence-electron chi connectivity index (χ3n) is 7.24. The van der Waals surface area contributed by atoms with Gasteiger partial charge in [-0.15, -0.1) is 0 Å². The van der Waals surface area contributed by atoms with E-state index in [9.17, 15) is 9.90 Å². The molecule has 7 heteroatoms. The molecule has 1 aliphatic carbocycles. The van der Waals surface area contributed by atoms with Crippen LogP contribution < -0.4 is 4.74 Å². The Morgan fingerprint density at radius 2 is 2.00 bits per heavy atom. The van der Waals surface area contributed by atoms with Crippen LogP contribution in [-0.2, 0) is 6.54 Å². The zero-order valence-corrected chi connectivity index (χ0v) is 21.7. The number of carbonyl (C=O) groups excluding carboxylic acids is 1. The average Bonchev–Trinajstić information content (AvgIpc) is 2.90. The predicted molar refractivity (Wildman–Crippen MR) is 139 cm³/mol. The van der Waals surface area contributed by atoms with Crippen molar-refractivity contribution in [2.75, 3.05) is 26.7 Å². The molecule has 0 aromatic carbocycles. The van der Waals surface area contributed by atoms with E-state index in [4.69, 9.17) is 4.74 Å². The highest BCUT2D eigenvalue weighted by atomic mass is 16.5. The Bertz CT molecular complexity index is 1070. The van der Waals surface area contributed by atoms with E-state index in [1.165, 1.54) is 24.8 Å². The van der Waals surface area contributed by atoms with Crippen LogP contribution in [0.1, 0.15) is 67.4 Å². The maximum absolute atomic E-state index is 13.6. The lowest BCUT2D eigenvalue weighted by Gasteiger charge is -2.37. The zero-order chi connectivity index (χ0) is 25.5. The fourth-order valence-electron chi connectivity index (χ4n) is 4.99. The number of hydrogen-bond donors (Lipinski definition) is 1. The number of aromatic nitrogens is 2. The fourth-order valence-corrected chi connectivity index (χ4v) is 4.99. The molecule has 2 aromatic heterocycles. The normalized spacial score (nSPS) is 21.6. The number of carbonyl (C=O) groups is 1. The number of likely N-dealkylation sites (N-methyl/N-ethyl adjacent to an activating group) is 1. The van der Waals surface area contributed by atoms with Crippen LogP contribution in [0.15, 0.2) is 36.8 Å². The molecule has 1 N–H and O–H groups in total. The largest absolute Gasteiger partial charge is 0.472 e. The van der Waals surface area contributed by atoms with Gasteiger partial charge in [-0.05, 0) is 50.6 Å². The van der Waals surface area contributed by atoms with Crippen LogP contribution in [-0.4, -0.2) is 69.7 Å². The molecule has 0 spiro atoms. The van der Waals surface area contributed by atoms with E-state index in [-0.39, 0.29) is 30.6 Å². The molecule has 36 heavy (non-hydrogen) atoms. The van der Waals surface area contributed by atoms with E-state index in [0.717, 1.165) is 24.9 Å². The van der Waals surface area contributed by atoms with Crippen LogP contribution in [0.25, 0.3) is 0 Å². The molecule has 3 atom stereocenters. The van der Waals surface area contributed by atoms with Gasteiger partial charge in [-0.3, -0.25) is 14.7 Å². The van der Waals surface area contributed by atoms with Crippen molar-refractivity contribution in [3.05, 3.63) is 53.5 Å². The van der Waals surface area contributed by atoms with Gasteiger partial charge in [-0.2, -0.15) is 0 Å². The van der Waals surface area contributed by atoms with Gasteiger partial charge in [0.2, 0.25) is 5.88 Å². The maximum atomic E-state index is 13.6. The molecule has 0 bridgehead atoms. The number of nitrogens with zero attached hydrogens (tertiary/aromatic N) is 4. The minimum Gasteiger partial charge on any atom is -0.472 e. The lowest BCUT2D eigenvalue weighted by Crippen LogP contribution is -2.49. The molecule has 3 heterocycles. The van der Waals surface area contributed by atoms with Crippen molar-refractivity contribution in [2.45, 2.75) is 64.6 Å². The standard InChI is InChI=1S/C29H38N4O3/c1-21-17-33(22(2)20-34)29(35)26-15-25(10-9-23-7-5-4-6-8-23)16-31-28(26)36-27(21)19-32(3)18-24-11-13-30-14-12-24/h11-16,21-23,27,34H,4-8,17-20H2,1-3H3/t21-,22+,27-/m1/s1. The number of fused-ring (bicyclic) bond motifs is 1. The van der Waals surface area contributed by atoms with E-state index in [2.05, 4.69) is 40.7 Å². The Hall–Kier alpha value is -2.95. The Kier molecular flexibility index (Phi) is 8.95. The third kappa shape index (κ3) is 6.63. The second-order valence-corrected chi connectivity index (χ2v) is 10.4. The Morgan fingerprint density at radius 1 is 1.25 bits per heavy atom. The van der Waals surface area contributed by atoms with E-state index in [0.29, 0.717) is 30.5 Å². The van der Waals surface area contributed by atoms with Crippen molar-refractivity contribution in [3.63, 3.8) is 0 Å². The molecule has 1 amide bonds. The number of aliphatic hydroxyl groups is 1. The number of ether oxygens (including phenoxy) is 1. The van der Waals surface area contributed by atoms with Gasteiger partial charge in [0.15, 0.2) is 0 Å². The predicted octanol–water partition coefficient (Wildman–Crippen LogP) is 3.76. The Labute approximate surface area is 214 Å². The molecule has 0 radical (unpaired) electrons. The van der Waals surface area contributed by atoms with Crippen LogP contribution in [0.5, 0.6) is 5.88 Å². The minimum absolute atomic E-state index is 0.0450. The van der Waals surface area contributed by atoms with Crippen molar-refractivity contribution < 1.29 is 14.6 Å². The van der Waals surface area contributed by atoms with Crippen LogP contribution in [0.2, 0.25) is 0 Å². The van der Waals surface area contributed by atoms with Crippen molar-refractivity contribution in [2.24, 2.45) is 11.8 Å². The van der Waals surface area contributed by atoms with E-state index < -0.39 is 0 Å². The number of amides is 1. The number of rotatable bonds is 6. The molecule has 7 nitrogen and oxygen atoms in total. The van der Waals surface area contributed by atoms with Crippen molar-refractivity contribution >= 4 is 5.91 Å². The minimum atomic E-state index is -0.307. The summed E-state index contributed by atoms with van der Waals surface area (Å²) in [7, 11) is 2.06. The first-order valence-corrected chi connectivity index (χ1v) is 13.1. The van der Waals surface area contributed by atoms with Crippen LogP contribution in [0.3, 0.4) is 0 Å². The smallest absolute Gasteiger partial charge is 0.259 e. The summed E-state index contributed by atoms with van der Waals surface area (Å²) in [6.45, 7) is 5.79. The summed E-state index contributed by atoms with van der Waals surface area (Å²) in [5.41, 5.74) is 2.32. The SMILES string of the molecule is C[C@@H]1CN([C@@H](C)CO)C(=O)c2cc(C#CC3CCCCC3)cnc2O[C@@H]1CN(C)Cc1ccncc1. The molecular weight excluding hydrogens is 452 g/mol. The first kappa shape index (κ1) is 26.1. The zero-order valence-electron chi connectivity index (χ0n) is 21.7. The van der Waals surface area contributed by atoms with Gasteiger partial charge in [-0.25, -0.2) is 4.98 Å². The lowest BCUT2D eigenvalue weighted by atomic mass is 9.90. The molecule has 0 unspecified atom stereocenters. The first-order valence-electron chi connectivity index (χ1n) is 13.1. The average molecular weight is 491 g/mol. The topological polar surface area (TPSA) is 78.8 Å². The highest BCUT2D eigenvalue weighted by Gasteiger charge is 2.34. The van der Waals surface area contributed by atoms with Crippen LogP contribution in [0.4, 0.5) is 0 Å². The Balaban J connectivity index is 1.59. The van der Waals surface area contributed by atoms with Gasteiger partial charge in [0, 0.05) is 55.6 Å². The Morgan fingerprint density at radius 3 is 2.72 bits per heavy atom. The van der Waals surface area contributed by atoms with Crippen molar-refractivity contribution in [3.8, 4) is 17.7 Å². The number of pyridine rings is 2. The fraction of sp³-hybridized carbons (Fsp3) is 0.552. The van der Waals surface area contributed by atoms with Crippen LogP contribution in [0, 0.1) is 23.7 Å². The summed E-state index contributed by atoms with van der Waals surface area (Å²) in [6, 6.07) is 5.52. The maximum Gasteiger partial charge on any atom is 0.259 e. The molecule has 2 aromatic rings. The molecule has 1 fully saturated rings. The molecule has 1 saturated carbocycles. The van der Waals surface area contributed by atoms with Gasteiger partial charge in [-0.1, -0.05) is 38.0 Å². The van der Waals surface area contributed by atoms with E-state index in [1.807, 2.05) is 25.1 Å². The summed E-state index contributed by atoms with van der Waals surface area (Å²) >= 11 is 0. The van der Waals surface area contributed by atoms with Crippen molar-refractivity contribution in [1.29, 1.82) is 0 Å². The van der Waals surface area contributed by atoms with Gasteiger partial charge in [0.05, 0.1) is 12.6 Å². The quantitative estimate of drug-likeness (QED) is 0.622. The lowest BCUT2D eigenvalue weighted by molar-refractivity contribution is 0.0325. The van der Waals surface area contributed by atoms with Crippen LogP contribution >= 0.6 is 0 Å². The summed E-state index contributed by atoms with van der Waals surface area (Å²) in [5.74, 6) is 7.28. The molecule has 192 valence electrons. The molecule has 2 aliphatic rings. The second-order valence-electron chi connectivity index (χ2n) is 10.4. The summed E-state index contributed by atoms with van der Waals surface area (Å²) in [6.07, 6.45) is 11.2. The second kappa shape index (κ2) is 12.3. The van der Waals surface area contributed by atoms with E-state index in [1.54, 1.807) is 23.5 Å². The summed E-state index contributed by atoms with van der Waals surface area (Å²) < 4.78 is 6.42. The van der Waals surface area contributed by atoms with Crippen molar-refractivity contribution in [1.82, 2.24) is 19.8 Å². The number of aliphatic hydroxyl groups excluding tert-OH is 1. The monoisotopic (exact) mass is 490 g/mol. The highest BCUT2D eigenvalue weighted by molar-refractivity contribution is 5.97. The molecule has 0 saturated heterocycles. The van der Waals surface area contributed by atoms with Gasteiger partial charge < -0.3 is 14.7 Å². The molecular formula is C29H38N4O3.